The number of ether oxygens (including phenoxy) is 1. The number of fused-ring (bicyclic) bond motifs is 1. The molecule has 2 aliphatic rings. The third kappa shape index (κ3) is 5.95. The smallest absolute Gasteiger partial charge is 0.354 e. The van der Waals surface area contributed by atoms with Gasteiger partial charge in [-0.3, -0.25) is 10.4 Å². The summed E-state index contributed by atoms with van der Waals surface area (Å²) in [6, 6.07) is 12.1. The Bertz CT molecular complexity index is 1140. The zero-order valence-electron chi connectivity index (χ0n) is 19.1. The second-order valence-electron chi connectivity index (χ2n) is 8.18. The van der Waals surface area contributed by atoms with Crippen molar-refractivity contribution < 1.29 is 13.9 Å². The lowest BCUT2D eigenvalue weighted by atomic mass is 10.0. The molecule has 4 rings (SSSR count). The quantitative estimate of drug-likeness (QED) is 0.327. The van der Waals surface area contributed by atoms with Crippen LogP contribution in [0.25, 0.3) is 0 Å². The Morgan fingerprint density at radius 1 is 1.21 bits per heavy atom. The minimum atomic E-state index is -0.471. The third-order valence-corrected chi connectivity index (χ3v) is 6.31. The second kappa shape index (κ2) is 11.5. The predicted octanol–water partition coefficient (Wildman–Crippen LogP) is 4.46. The van der Waals surface area contributed by atoms with Crippen molar-refractivity contribution in [2.75, 3.05) is 33.3 Å². The fourth-order valence-electron chi connectivity index (χ4n) is 4.09. The molecule has 1 saturated heterocycles. The third-order valence-electron chi connectivity index (χ3n) is 5.81. The van der Waals surface area contributed by atoms with Crippen molar-refractivity contribution >= 4 is 44.8 Å². The Balaban J connectivity index is 1.56. The Labute approximate surface area is 206 Å². The summed E-state index contributed by atoms with van der Waals surface area (Å²) in [6.07, 6.45) is 3.77. The molecular weight excluding hydrogens is 501 g/mol. The van der Waals surface area contributed by atoms with Gasteiger partial charge in [-0.05, 0) is 69.2 Å². The van der Waals surface area contributed by atoms with Crippen LogP contribution >= 0.6 is 15.9 Å². The number of halogens is 2. The van der Waals surface area contributed by atoms with Gasteiger partial charge in [-0.2, -0.15) is 5.10 Å². The van der Waals surface area contributed by atoms with Crippen molar-refractivity contribution in [3.05, 3.63) is 63.9 Å². The maximum Gasteiger partial charge on any atom is 0.354 e. The van der Waals surface area contributed by atoms with Crippen LogP contribution in [0.4, 0.5) is 10.1 Å². The molecule has 9 heteroatoms. The van der Waals surface area contributed by atoms with Gasteiger partial charge in [0.1, 0.15) is 17.4 Å². The number of methoxy groups -OCH3 is 1. The lowest BCUT2D eigenvalue weighted by Crippen LogP contribution is -2.27. The molecule has 178 valence electrons. The maximum atomic E-state index is 14.6. The number of amidine groups is 1. The van der Waals surface area contributed by atoms with E-state index in [0.717, 1.165) is 30.5 Å². The van der Waals surface area contributed by atoms with Crippen molar-refractivity contribution in [2.45, 2.75) is 25.7 Å². The van der Waals surface area contributed by atoms with E-state index in [1.807, 2.05) is 18.2 Å². The SMILES string of the molecule is COC(=O)C(CCCN1CCCC1)=NNC1=Nc2cc(Br)ccc2C(c2ccccc2F)=NC1. The molecule has 2 heterocycles. The monoisotopic (exact) mass is 527 g/mol. The molecule has 2 aliphatic heterocycles. The van der Waals surface area contributed by atoms with Crippen molar-refractivity contribution in [3.8, 4) is 0 Å². The number of hydrogen-bond acceptors (Lipinski definition) is 7. The average Bonchev–Trinajstić information content (AvgIpc) is 3.29. The van der Waals surface area contributed by atoms with Crippen molar-refractivity contribution in [3.63, 3.8) is 0 Å². The van der Waals surface area contributed by atoms with Crippen LogP contribution in [-0.4, -0.2) is 61.4 Å². The molecule has 7 nitrogen and oxygen atoms in total. The summed E-state index contributed by atoms with van der Waals surface area (Å²) in [5.41, 5.74) is 5.48. The topological polar surface area (TPSA) is 78.6 Å². The fraction of sp³-hybridized carbons (Fsp3) is 0.360. The van der Waals surface area contributed by atoms with Crippen LogP contribution in [-0.2, 0) is 9.53 Å². The first kappa shape index (κ1) is 24.2. The highest BCUT2D eigenvalue weighted by Gasteiger charge is 2.20. The summed E-state index contributed by atoms with van der Waals surface area (Å²) < 4.78 is 20.3. The molecule has 0 radical (unpaired) electrons. The molecule has 0 bridgehead atoms. The molecule has 0 atom stereocenters. The molecule has 1 fully saturated rings. The van der Waals surface area contributed by atoms with E-state index in [-0.39, 0.29) is 12.4 Å². The van der Waals surface area contributed by atoms with E-state index in [2.05, 4.69) is 41.3 Å². The molecule has 0 amide bonds. The molecule has 0 unspecified atom stereocenters. The van der Waals surface area contributed by atoms with Crippen molar-refractivity contribution in [1.82, 2.24) is 10.3 Å². The van der Waals surface area contributed by atoms with E-state index in [1.165, 1.54) is 26.0 Å². The summed E-state index contributed by atoms with van der Waals surface area (Å²) in [5, 5.41) is 4.32. The van der Waals surface area contributed by atoms with Gasteiger partial charge >= 0.3 is 5.97 Å². The number of esters is 1. The summed E-state index contributed by atoms with van der Waals surface area (Å²) in [5.74, 6) is -0.371. The van der Waals surface area contributed by atoms with E-state index in [1.54, 1.807) is 18.2 Å². The van der Waals surface area contributed by atoms with Gasteiger partial charge in [0.15, 0.2) is 0 Å². The minimum absolute atomic E-state index is 0.154. The van der Waals surface area contributed by atoms with Crippen LogP contribution in [0.1, 0.15) is 36.8 Å². The Morgan fingerprint density at radius 2 is 2.00 bits per heavy atom. The lowest BCUT2D eigenvalue weighted by Gasteiger charge is -2.14. The van der Waals surface area contributed by atoms with Gasteiger partial charge in [0.2, 0.25) is 0 Å². The molecule has 0 aromatic heterocycles. The number of hydrazone groups is 1. The second-order valence-corrected chi connectivity index (χ2v) is 9.09. The summed E-state index contributed by atoms with van der Waals surface area (Å²) in [6.45, 7) is 3.30. The molecule has 0 spiro atoms. The number of aliphatic imine (C=N–C) groups is 2. The largest absolute Gasteiger partial charge is 0.464 e. The number of carbonyl (C=O) groups excluding carboxylic acids is 1. The fourth-order valence-corrected chi connectivity index (χ4v) is 4.44. The number of benzene rings is 2. The summed E-state index contributed by atoms with van der Waals surface area (Å²) in [4.78, 5) is 24.0. The normalized spacial score (nSPS) is 16.4. The highest BCUT2D eigenvalue weighted by atomic mass is 79.9. The van der Waals surface area contributed by atoms with Crippen molar-refractivity contribution in [2.24, 2.45) is 15.1 Å². The summed E-state index contributed by atoms with van der Waals surface area (Å²) >= 11 is 3.48. The summed E-state index contributed by atoms with van der Waals surface area (Å²) in [7, 11) is 1.35. The molecular formula is C25H27BrFN5O2. The first-order valence-corrected chi connectivity index (χ1v) is 12.1. The highest BCUT2D eigenvalue weighted by Crippen LogP contribution is 2.29. The van der Waals surface area contributed by atoms with Gasteiger partial charge in [0.05, 0.1) is 25.1 Å². The van der Waals surface area contributed by atoms with Gasteiger partial charge in [0, 0.05) is 22.0 Å². The van der Waals surface area contributed by atoms with Gasteiger partial charge in [-0.15, -0.1) is 0 Å². The van der Waals surface area contributed by atoms with Crippen LogP contribution in [0.3, 0.4) is 0 Å². The zero-order valence-corrected chi connectivity index (χ0v) is 20.6. The van der Waals surface area contributed by atoms with E-state index in [9.17, 15) is 9.18 Å². The molecule has 34 heavy (non-hydrogen) atoms. The highest BCUT2D eigenvalue weighted by molar-refractivity contribution is 9.10. The maximum absolute atomic E-state index is 14.6. The Kier molecular flexibility index (Phi) is 8.18. The number of likely N-dealkylation sites (tertiary alicyclic amines) is 1. The van der Waals surface area contributed by atoms with Crippen LogP contribution in [0, 0.1) is 5.82 Å². The lowest BCUT2D eigenvalue weighted by molar-refractivity contribution is -0.132. The van der Waals surface area contributed by atoms with Crippen molar-refractivity contribution in [1.29, 1.82) is 0 Å². The first-order valence-electron chi connectivity index (χ1n) is 11.3. The van der Waals surface area contributed by atoms with Crippen LogP contribution in [0.15, 0.2) is 62.0 Å². The average molecular weight is 528 g/mol. The van der Waals surface area contributed by atoms with E-state index < -0.39 is 5.97 Å². The number of carbonyl (C=O) groups is 1. The van der Waals surface area contributed by atoms with Crippen LogP contribution < -0.4 is 5.43 Å². The van der Waals surface area contributed by atoms with E-state index in [4.69, 9.17) is 4.74 Å². The minimum Gasteiger partial charge on any atom is -0.464 e. The first-order chi connectivity index (χ1) is 16.5. The number of hydrogen-bond donors (Lipinski definition) is 1. The Hall–Kier alpha value is -2.91. The van der Waals surface area contributed by atoms with Crippen LogP contribution in [0.5, 0.6) is 0 Å². The zero-order chi connectivity index (χ0) is 23.9. The molecule has 0 saturated carbocycles. The number of nitrogens with one attached hydrogen (secondary N) is 1. The van der Waals surface area contributed by atoms with Gasteiger partial charge in [-0.1, -0.05) is 28.1 Å². The van der Waals surface area contributed by atoms with E-state index >= 15 is 0 Å². The van der Waals surface area contributed by atoms with Gasteiger partial charge in [-0.25, -0.2) is 14.2 Å². The Morgan fingerprint density at radius 3 is 2.76 bits per heavy atom. The van der Waals surface area contributed by atoms with E-state index in [0.29, 0.717) is 40.5 Å². The number of nitrogens with zero attached hydrogens (tertiary/aromatic N) is 4. The number of rotatable bonds is 7. The molecule has 1 N–H and O–H groups in total. The molecule has 2 aromatic rings. The molecule has 2 aromatic carbocycles. The molecule has 0 aliphatic carbocycles. The predicted molar refractivity (Wildman–Crippen MR) is 136 cm³/mol. The standard InChI is InChI=1S/C25H27BrFN5O2/c1-34-25(33)21(9-6-14-32-12-4-5-13-32)30-31-23-16-28-24(18-7-2-3-8-20(18)27)19-11-10-17(26)15-22(19)29-23/h2-3,7-8,10-11,15H,4-6,9,12-14,16H2,1H3,(H,29,31). The van der Waals surface area contributed by atoms with Gasteiger partial charge in [0.25, 0.3) is 0 Å². The van der Waals surface area contributed by atoms with Gasteiger partial charge < -0.3 is 9.64 Å². The van der Waals surface area contributed by atoms with Crippen LogP contribution in [0.2, 0.25) is 0 Å².